The average molecular weight is 244 g/mol. The molecule has 0 aliphatic rings. The van der Waals surface area contributed by atoms with Crippen LogP contribution in [0, 0.1) is 0 Å². The van der Waals surface area contributed by atoms with E-state index in [-0.39, 0.29) is 0 Å². The van der Waals surface area contributed by atoms with Crippen molar-refractivity contribution in [3.63, 3.8) is 0 Å². The molecule has 0 amide bonds. The Morgan fingerprint density at radius 3 is 2.73 bits per heavy atom. The molecule has 1 N–H and O–H groups in total. The third kappa shape index (κ3) is 4.53. The van der Waals surface area contributed by atoms with Gasteiger partial charge in [0.1, 0.15) is 0 Å². The minimum absolute atomic E-state index is 0.548. The largest absolute Gasteiger partial charge is 0.309 e. The maximum Gasteiger partial charge on any atom is 0.0953 e. The number of nitrogens with zero attached hydrogens (tertiary/aromatic N) is 1. The Balaban J connectivity index is 2.37. The van der Waals surface area contributed by atoms with E-state index >= 15 is 0 Å². The van der Waals surface area contributed by atoms with Crippen molar-refractivity contribution >= 4 is 23.1 Å². The fourth-order valence-electron chi connectivity index (χ4n) is 1.26. The van der Waals surface area contributed by atoms with Gasteiger partial charge in [-0.2, -0.15) is 11.8 Å². The van der Waals surface area contributed by atoms with E-state index in [1.807, 2.05) is 29.3 Å². The first-order valence-electron chi connectivity index (χ1n) is 5.30. The van der Waals surface area contributed by atoms with Gasteiger partial charge in [0.15, 0.2) is 0 Å². The second kappa shape index (κ2) is 6.51. The molecule has 1 heterocycles. The van der Waals surface area contributed by atoms with Gasteiger partial charge in [-0.05, 0) is 13.2 Å². The highest BCUT2D eigenvalue weighted by atomic mass is 32.2. The normalized spacial score (nSPS) is 13.4. The van der Waals surface area contributed by atoms with Crippen LogP contribution in [0.15, 0.2) is 6.20 Å². The van der Waals surface area contributed by atoms with E-state index in [2.05, 4.69) is 37.3 Å². The lowest BCUT2D eigenvalue weighted by Gasteiger charge is -2.10. The molecule has 0 aliphatic carbocycles. The van der Waals surface area contributed by atoms with Crippen LogP contribution in [0.4, 0.5) is 0 Å². The first-order valence-corrected chi connectivity index (χ1v) is 7.51. The molecule has 1 atom stereocenters. The monoisotopic (exact) mass is 244 g/mol. The Labute approximate surface area is 101 Å². The topological polar surface area (TPSA) is 24.9 Å². The second-order valence-electron chi connectivity index (χ2n) is 4.06. The molecule has 0 aromatic carbocycles. The van der Waals surface area contributed by atoms with Gasteiger partial charge in [0.2, 0.25) is 0 Å². The minimum atomic E-state index is 0.548. The summed E-state index contributed by atoms with van der Waals surface area (Å²) in [5.41, 5.74) is 0. The predicted molar refractivity (Wildman–Crippen MR) is 70.9 cm³/mol. The van der Waals surface area contributed by atoms with Gasteiger partial charge in [-0.3, -0.25) is 0 Å². The molecular formula is C11H20N2S2. The maximum atomic E-state index is 4.41. The van der Waals surface area contributed by atoms with Crippen molar-refractivity contribution in [3.05, 3.63) is 16.1 Å². The van der Waals surface area contributed by atoms with E-state index in [1.165, 1.54) is 9.88 Å². The van der Waals surface area contributed by atoms with Crippen LogP contribution in [0.5, 0.6) is 0 Å². The number of aromatic nitrogens is 1. The molecule has 0 aliphatic heterocycles. The number of thiazole rings is 1. The van der Waals surface area contributed by atoms with Crippen molar-refractivity contribution in [1.82, 2.24) is 10.3 Å². The number of rotatable bonds is 6. The Hall–Kier alpha value is -0.0600. The third-order valence-electron chi connectivity index (χ3n) is 2.11. The van der Waals surface area contributed by atoms with E-state index < -0.39 is 0 Å². The zero-order chi connectivity index (χ0) is 11.3. The van der Waals surface area contributed by atoms with Crippen molar-refractivity contribution in [2.75, 3.05) is 12.0 Å². The summed E-state index contributed by atoms with van der Waals surface area (Å²) >= 11 is 3.70. The van der Waals surface area contributed by atoms with Crippen molar-refractivity contribution < 1.29 is 0 Å². The van der Waals surface area contributed by atoms with Gasteiger partial charge >= 0.3 is 0 Å². The maximum absolute atomic E-state index is 4.41. The zero-order valence-corrected chi connectivity index (χ0v) is 11.5. The lowest BCUT2D eigenvalue weighted by atomic mass is 10.2. The summed E-state index contributed by atoms with van der Waals surface area (Å²) < 4.78 is 0. The number of nitrogens with one attached hydrogen (secondary N) is 1. The van der Waals surface area contributed by atoms with E-state index in [9.17, 15) is 0 Å². The van der Waals surface area contributed by atoms with Gasteiger partial charge in [-0.15, -0.1) is 11.3 Å². The van der Waals surface area contributed by atoms with Gasteiger partial charge in [0.05, 0.1) is 5.01 Å². The van der Waals surface area contributed by atoms with E-state index in [0.29, 0.717) is 12.0 Å². The summed E-state index contributed by atoms with van der Waals surface area (Å²) in [6.45, 7) is 7.55. The molecule has 0 saturated carbocycles. The molecule has 15 heavy (non-hydrogen) atoms. The van der Waals surface area contributed by atoms with Crippen molar-refractivity contribution in [2.45, 2.75) is 39.3 Å². The molecule has 0 fully saturated rings. The lowest BCUT2D eigenvalue weighted by molar-refractivity contribution is 0.600. The van der Waals surface area contributed by atoms with Crippen molar-refractivity contribution in [3.8, 4) is 0 Å². The molecule has 1 aromatic rings. The summed E-state index contributed by atoms with van der Waals surface area (Å²) in [4.78, 5) is 5.75. The molecule has 1 rings (SSSR count). The van der Waals surface area contributed by atoms with Crippen LogP contribution >= 0.6 is 23.1 Å². The quantitative estimate of drug-likeness (QED) is 0.832. The number of thioether (sulfide) groups is 1. The second-order valence-corrected chi connectivity index (χ2v) is 6.11. The van der Waals surface area contributed by atoms with Crippen LogP contribution in [0.2, 0.25) is 0 Å². The van der Waals surface area contributed by atoms with Crippen LogP contribution < -0.4 is 5.32 Å². The lowest BCUT2D eigenvalue weighted by Crippen LogP contribution is -2.27. The molecule has 0 radical (unpaired) electrons. The molecule has 1 aromatic heterocycles. The molecule has 1 unspecified atom stereocenters. The average Bonchev–Trinajstić information content (AvgIpc) is 2.63. The predicted octanol–water partition coefficient (Wildman–Crippen LogP) is 3.11. The van der Waals surface area contributed by atoms with Crippen molar-refractivity contribution in [1.29, 1.82) is 0 Å². The minimum Gasteiger partial charge on any atom is -0.309 e. The fourth-order valence-corrected chi connectivity index (χ4v) is 2.74. The van der Waals surface area contributed by atoms with E-state index in [1.54, 1.807) is 0 Å². The van der Waals surface area contributed by atoms with Crippen LogP contribution in [0.25, 0.3) is 0 Å². The summed E-state index contributed by atoms with van der Waals surface area (Å²) in [7, 11) is 0. The standard InChI is InChI=1S/C11H20N2S2/c1-8(2)11-13-6-10(15-11)5-12-9(3)7-14-4/h6,8-9,12H,5,7H2,1-4H3. The summed E-state index contributed by atoms with van der Waals surface area (Å²) in [6, 6.07) is 0.574. The van der Waals surface area contributed by atoms with Crippen LogP contribution in [0.1, 0.15) is 36.6 Å². The molecule has 2 nitrogen and oxygen atoms in total. The highest BCUT2D eigenvalue weighted by Gasteiger charge is 2.06. The third-order valence-corrected chi connectivity index (χ3v) is 4.24. The summed E-state index contributed by atoms with van der Waals surface area (Å²) in [6.07, 6.45) is 4.14. The molecule has 0 bridgehead atoms. The van der Waals surface area contributed by atoms with Gasteiger partial charge in [0, 0.05) is 35.3 Å². The van der Waals surface area contributed by atoms with E-state index in [4.69, 9.17) is 0 Å². The zero-order valence-electron chi connectivity index (χ0n) is 9.91. The Morgan fingerprint density at radius 1 is 1.47 bits per heavy atom. The van der Waals surface area contributed by atoms with Gasteiger partial charge in [-0.25, -0.2) is 4.98 Å². The van der Waals surface area contributed by atoms with Crippen molar-refractivity contribution in [2.24, 2.45) is 0 Å². The van der Waals surface area contributed by atoms with Gasteiger partial charge < -0.3 is 5.32 Å². The van der Waals surface area contributed by atoms with Crippen LogP contribution in [-0.2, 0) is 6.54 Å². The SMILES string of the molecule is CSCC(C)NCc1cnc(C(C)C)s1. The highest BCUT2D eigenvalue weighted by molar-refractivity contribution is 7.98. The van der Waals surface area contributed by atoms with Crippen LogP contribution in [-0.4, -0.2) is 23.0 Å². The Bertz CT molecular complexity index is 284. The first-order chi connectivity index (χ1) is 7.13. The van der Waals surface area contributed by atoms with E-state index in [0.717, 1.165) is 12.3 Å². The Morgan fingerprint density at radius 2 is 2.20 bits per heavy atom. The summed E-state index contributed by atoms with van der Waals surface area (Å²) in [5, 5.41) is 4.74. The number of hydrogen-bond acceptors (Lipinski definition) is 4. The van der Waals surface area contributed by atoms with Gasteiger partial charge in [0.25, 0.3) is 0 Å². The molecule has 4 heteroatoms. The number of hydrogen-bond donors (Lipinski definition) is 1. The molecule has 0 saturated heterocycles. The highest BCUT2D eigenvalue weighted by Crippen LogP contribution is 2.20. The Kier molecular flexibility index (Phi) is 5.64. The van der Waals surface area contributed by atoms with Gasteiger partial charge in [-0.1, -0.05) is 13.8 Å². The smallest absolute Gasteiger partial charge is 0.0953 e. The first kappa shape index (κ1) is 13.0. The molecule has 0 spiro atoms. The fraction of sp³-hybridized carbons (Fsp3) is 0.727. The molecular weight excluding hydrogens is 224 g/mol. The summed E-state index contributed by atoms with van der Waals surface area (Å²) in [5.74, 6) is 1.71. The van der Waals surface area contributed by atoms with Crippen LogP contribution in [0.3, 0.4) is 0 Å². The molecule has 86 valence electrons.